The first kappa shape index (κ1) is 12.1. The summed E-state index contributed by atoms with van der Waals surface area (Å²) in [6.45, 7) is 3.82. The van der Waals surface area contributed by atoms with E-state index in [1.54, 1.807) is 0 Å². The lowest BCUT2D eigenvalue weighted by Crippen LogP contribution is -2.44. The molecule has 2 rings (SSSR count). The lowest BCUT2D eigenvalue weighted by atomic mass is 10.2. The first-order chi connectivity index (χ1) is 8.08. The summed E-state index contributed by atoms with van der Waals surface area (Å²) in [6.07, 6.45) is 0. The van der Waals surface area contributed by atoms with Crippen LogP contribution in [0.15, 0.2) is 6.07 Å². The molecule has 17 heavy (non-hydrogen) atoms. The van der Waals surface area contributed by atoms with Crippen LogP contribution < -0.4 is 4.90 Å². The van der Waals surface area contributed by atoms with Crippen LogP contribution in [0.5, 0.6) is 0 Å². The van der Waals surface area contributed by atoms with Crippen molar-refractivity contribution in [1.82, 2.24) is 9.97 Å². The molecule has 0 unspecified atom stereocenters. The molecule has 7 heteroatoms. The Labute approximate surface area is 103 Å². The zero-order valence-corrected chi connectivity index (χ0v) is 10.0. The van der Waals surface area contributed by atoms with Crippen molar-refractivity contribution in [2.45, 2.75) is 13.0 Å². The second-order valence-electron chi connectivity index (χ2n) is 3.80. The van der Waals surface area contributed by atoms with Gasteiger partial charge < -0.3 is 14.7 Å². The van der Waals surface area contributed by atoms with Gasteiger partial charge in [0.2, 0.25) is 5.28 Å². The topological polar surface area (TPSA) is 75.5 Å². The average molecular weight is 258 g/mol. The van der Waals surface area contributed by atoms with Gasteiger partial charge in [0.1, 0.15) is 5.82 Å². The summed E-state index contributed by atoms with van der Waals surface area (Å²) in [7, 11) is 0. The molecule has 0 aliphatic carbocycles. The zero-order chi connectivity index (χ0) is 12.4. The summed E-state index contributed by atoms with van der Waals surface area (Å²) < 4.78 is 5.31. The van der Waals surface area contributed by atoms with Crippen molar-refractivity contribution in [3.63, 3.8) is 0 Å². The predicted octanol–water partition coefficient (Wildman–Crippen LogP) is 1.05. The quantitative estimate of drug-likeness (QED) is 0.799. The maximum absolute atomic E-state index is 10.9. The van der Waals surface area contributed by atoms with E-state index in [2.05, 4.69) is 9.97 Å². The molecule has 1 aromatic rings. The third kappa shape index (κ3) is 2.65. The minimum atomic E-state index is -1.11. The Hall–Kier alpha value is -1.40. The van der Waals surface area contributed by atoms with Crippen LogP contribution in [0.1, 0.15) is 17.4 Å². The van der Waals surface area contributed by atoms with Gasteiger partial charge >= 0.3 is 5.97 Å². The molecule has 1 aromatic heterocycles. The van der Waals surface area contributed by atoms with Crippen molar-refractivity contribution in [2.75, 3.05) is 24.7 Å². The van der Waals surface area contributed by atoms with E-state index in [-0.39, 0.29) is 17.0 Å². The Bertz CT molecular complexity index is 441. The standard InChI is InChI=1S/C10H12ClN3O3/c1-6-5-17-3-2-14(6)8-4-7(9(15)16)12-10(11)13-8/h4,6H,2-3,5H2,1H3,(H,15,16)/t6-/m0/s1. The number of carboxylic acids is 1. The summed E-state index contributed by atoms with van der Waals surface area (Å²) in [6, 6.07) is 1.56. The highest BCUT2D eigenvalue weighted by Gasteiger charge is 2.22. The third-order valence-corrected chi connectivity index (χ3v) is 2.74. The van der Waals surface area contributed by atoms with E-state index in [0.717, 1.165) is 0 Å². The van der Waals surface area contributed by atoms with E-state index in [1.807, 2.05) is 11.8 Å². The lowest BCUT2D eigenvalue weighted by molar-refractivity contribution is 0.0690. The second-order valence-corrected chi connectivity index (χ2v) is 4.14. The predicted molar refractivity (Wildman–Crippen MR) is 61.6 cm³/mol. The number of anilines is 1. The fraction of sp³-hybridized carbons (Fsp3) is 0.500. The van der Waals surface area contributed by atoms with Crippen LogP contribution in [-0.4, -0.2) is 46.8 Å². The summed E-state index contributed by atoms with van der Waals surface area (Å²) in [4.78, 5) is 20.5. The van der Waals surface area contributed by atoms with Crippen molar-refractivity contribution in [3.05, 3.63) is 17.0 Å². The van der Waals surface area contributed by atoms with Crippen LogP contribution >= 0.6 is 11.6 Å². The molecular weight excluding hydrogens is 246 g/mol. The second kappa shape index (κ2) is 4.85. The number of nitrogens with zero attached hydrogens (tertiary/aromatic N) is 3. The number of carbonyl (C=O) groups is 1. The molecule has 1 N–H and O–H groups in total. The van der Waals surface area contributed by atoms with Gasteiger partial charge in [0, 0.05) is 12.6 Å². The minimum absolute atomic E-state index is 0.0569. The molecule has 0 spiro atoms. The van der Waals surface area contributed by atoms with Gasteiger partial charge in [-0.1, -0.05) is 0 Å². The van der Waals surface area contributed by atoms with Crippen molar-refractivity contribution in [3.8, 4) is 0 Å². The first-order valence-electron chi connectivity index (χ1n) is 5.20. The zero-order valence-electron chi connectivity index (χ0n) is 9.26. The largest absolute Gasteiger partial charge is 0.477 e. The van der Waals surface area contributed by atoms with E-state index >= 15 is 0 Å². The Morgan fingerprint density at radius 2 is 2.41 bits per heavy atom. The van der Waals surface area contributed by atoms with Crippen LogP contribution in [0.25, 0.3) is 0 Å². The van der Waals surface area contributed by atoms with Gasteiger partial charge in [0.05, 0.1) is 19.3 Å². The van der Waals surface area contributed by atoms with Crippen LogP contribution in [0, 0.1) is 0 Å². The van der Waals surface area contributed by atoms with Crippen LogP contribution in [0.2, 0.25) is 5.28 Å². The molecule has 0 aromatic carbocycles. The Kier molecular flexibility index (Phi) is 3.44. The van der Waals surface area contributed by atoms with Crippen LogP contribution in [-0.2, 0) is 4.74 Å². The molecule has 92 valence electrons. The number of morpholine rings is 1. The maximum atomic E-state index is 10.9. The SMILES string of the molecule is C[C@H]1COCCN1c1cc(C(=O)O)nc(Cl)n1. The number of hydrogen-bond donors (Lipinski definition) is 1. The molecular formula is C10H12ClN3O3. The summed E-state index contributed by atoms with van der Waals surface area (Å²) in [5.41, 5.74) is -0.0984. The number of aromatic carboxylic acids is 1. The Balaban J connectivity index is 2.33. The van der Waals surface area contributed by atoms with E-state index < -0.39 is 5.97 Å². The van der Waals surface area contributed by atoms with Gasteiger partial charge in [0.25, 0.3) is 0 Å². The number of rotatable bonds is 2. The van der Waals surface area contributed by atoms with Gasteiger partial charge in [0.15, 0.2) is 5.69 Å². The average Bonchev–Trinajstić information content (AvgIpc) is 2.28. The number of hydrogen-bond acceptors (Lipinski definition) is 5. The fourth-order valence-electron chi connectivity index (χ4n) is 1.73. The smallest absolute Gasteiger partial charge is 0.354 e. The van der Waals surface area contributed by atoms with E-state index in [1.165, 1.54) is 6.07 Å². The van der Waals surface area contributed by atoms with Gasteiger partial charge in [-0.2, -0.15) is 0 Å². The van der Waals surface area contributed by atoms with Crippen molar-refractivity contribution < 1.29 is 14.6 Å². The van der Waals surface area contributed by atoms with E-state index in [9.17, 15) is 4.79 Å². The van der Waals surface area contributed by atoms with Gasteiger partial charge in [-0.3, -0.25) is 0 Å². The number of aromatic nitrogens is 2. The van der Waals surface area contributed by atoms with Crippen molar-refractivity contribution in [2.24, 2.45) is 0 Å². The highest BCUT2D eigenvalue weighted by atomic mass is 35.5. The third-order valence-electron chi connectivity index (χ3n) is 2.57. The molecule has 1 atom stereocenters. The summed E-state index contributed by atoms with van der Waals surface area (Å²) >= 11 is 5.72. The number of carboxylic acid groups (broad SMARTS) is 1. The van der Waals surface area contributed by atoms with Gasteiger partial charge in [-0.05, 0) is 18.5 Å². The highest BCUT2D eigenvalue weighted by Crippen LogP contribution is 2.19. The van der Waals surface area contributed by atoms with Gasteiger partial charge in [-0.15, -0.1) is 0 Å². The summed E-state index contributed by atoms with van der Waals surface area (Å²) in [5, 5.41) is 8.85. The van der Waals surface area contributed by atoms with E-state index in [0.29, 0.717) is 25.6 Å². The number of ether oxygens (including phenoxy) is 1. The molecule has 0 amide bonds. The van der Waals surface area contributed by atoms with Crippen molar-refractivity contribution >= 4 is 23.4 Å². The molecule has 1 saturated heterocycles. The van der Waals surface area contributed by atoms with Crippen LogP contribution in [0.4, 0.5) is 5.82 Å². The molecule has 0 saturated carbocycles. The molecule has 0 radical (unpaired) electrons. The molecule has 2 heterocycles. The molecule has 1 aliphatic heterocycles. The van der Waals surface area contributed by atoms with E-state index in [4.69, 9.17) is 21.4 Å². The van der Waals surface area contributed by atoms with Crippen LogP contribution in [0.3, 0.4) is 0 Å². The molecule has 6 nitrogen and oxygen atoms in total. The molecule has 0 bridgehead atoms. The van der Waals surface area contributed by atoms with Gasteiger partial charge in [-0.25, -0.2) is 14.8 Å². The molecule has 1 fully saturated rings. The Morgan fingerprint density at radius 3 is 3.06 bits per heavy atom. The molecule has 1 aliphatic rings. The maximum Gasteiger partial charge on any atom is 0.354 e. The summed E-state index contributed by atoms with van der Waals surface area (Å²) in [5.74, 6) is -0.588. The monoisotopic (exact) mass is 257 g/mol. The normalized spacial score (nSPS) is 20.4. The lowest BCUT2D eigenvalue weighted by Gasteiger charge is -2.34. The highest BCUT2D eigenvalue weighted by molar-refractivity contribution is 6.28. The first-order valence-corrected chi connectivity index (χ1v) is 5.58. The number of halogens is 1. The van der Waals surface area contributed by atoms with Crippen molar-refractivity contribution in [1.29, 1.82) is 0 Å². The minimum Gasteiger partial charge on any atom is -0.477 e. The Morgan fingerprint density at radius 1 is 1.65 bits per heavy atom. The fourth-order valence-corrected chi connectivity index (χ4v) is 1.91.